The molecule has 0 radical (unpaired) electrons. The number of primary amides is 1. The van der Waals surface area contributed by atoms with E-state index in [0.29, 0.717) is 24.2 Å². The van der Waals surface area contributed by atoms with Gasteiger partial charge in [-0.2, -0.15) is 0 Å². The summed E-state index contributed by atoms with van der Waals surface area (Å²) in [5.41, 5.74) is 2.01. The molecule has 208 valence electrons. The molecule has 6 N–H and O–H groups in total. The van der Waals surface area contributed by atoms with Crippen LogP contribution in [-0.2, 0) is 29.1 Å². The number of rotatable bonds is 3. The van der Waals surface area contributed by atoms with Gasteiger partial charge < -0.3 is 26.2 Å². The van der Waals surface area contributed by atoms with Gasteiger partial charge in [0.05, 0.1) is 11.6 Å². The topological polar surface area (TPSA) is 165 Å². The number of halogens is 1. The number of amides is 1. The number of fused-ring (bicyclic) bond motifs is 4. The zero-order chi connectivity index (χ0) is 28.1. The summed E-state index contributed by atoms with van der Waals surface area (Å²) in [6, 6.07) is -0.808. The molecular weight excluding hydrogens is 509 g/mol. The van der Waals surface area contributed by atoms with Crippen LogP contribution >= 0.6 is 0 Å². The number of phenolic OH excluding ortho intramolecular Hbond substituents is 1. The van der Waals surface area contributed by atoms with Crippen LogP contribution in [0.1, 0.15) is 59.2 Å². The van der Waals surface area contributed by atoms with E-state index in [1.54, 1.807) is 14.1 Å². The third-order valence-corrected chi connectivity index (χ3v) is 9.60. The summed E-state index contributed by atoms with van der Waals surface area (Å²) in [6.45, 7) is 0.645. The number of benzene rings is 1. The van der Waals surface area contributed by atoms with Crippen LogP contribution in [-0.4, -0.2) is 79.5 Å². The lowest BCUT2D eigenvalue weighted by Gasteiger charge is -2.50. The quantitative estimate of drug-likeness (QED) is 0.357. The van der Waals surface area contributed by atoms with Crippen molar-refractivity contribution in [3.05, 3.63) is 50.7 Å². The summed E-state index contributed by atoms with van der Waals surface area (Å²) < 4.78 is 16.0. The first-order chi connectivity index (χ1) is 18.4. The third kappa shape index (κ3) is 3.33. The molecule has 6 rings (SSSR count). The summed E-state index contributed by atoms with van der Waals surface area (Å²) in [7, 11) is 3.12. The fourth-order valence-corrected chi connectivity index (χ4v) is 7.77. The number of aliphatic hydroxyl groups excluding tert-OH is 2. The Morgan fingerprint density at radius 3 is 2.33 bits per heavy atom. The second-order valence-electron chi connectivity index (χ2n) is 11.8. The molecular formula is C28H32FN3O7. The minimum atomic E-state index is -2.71. The highest BCUT2D eigenvalue weighted by molar-refractivity contribution is 6.24. The highest BCUT2D eigenvalue weighted by atomic mass is 19.1. The summed E-state index contributed by atoms with van der Waals surface area (Å²) in [6.07, 6.45) is 4.05. The van der Waals surface area contributed by atoms with E-state index in [1.165, 1.54) is 4.90 Å². The van der Waals surface area contributed by atoms with E-state index in [-0.39, 0.29) is 41.3 Å². The Morgan fingerprint density at radius 2 is 1.72 bits per heavy atom. The number of hydrogen-bond donors (Lipinski definition) is 5. The SMILES string of the molecule is CN(C)[C@@H]1C(O)=C(C(N)=O)C(=O)[C@@]2(O)C(O)=C3C(=O)c4c(O)c5c(c(F)c4C[C@H]3C[C@@H]12)CN(C1CCCC1)C5. The van der Waals surface area contributed by atoms with Crippen LogP contribution in [0.15, 0.2) is 22.7 Å². The number of allylic oxidation sites excluding steroid dienone is 1. The van der Waals surface area contributed by atoms with E-state index >= 15 is 4.39 Å². The maximum absolute atomic E-state index is 16.0. The number of aliphatic hydroxyl groups is 3. The molecule has 0 saturated heterocycles. The third-order valence-electron chi connectivity index (χ3n) is 9.60. The van der Waals surface area contributed by atoms with E-state index in [4.69, 9.17) is 5.73 Å². The van der Waals surface area contributed by atoms with E-state index in [9.17, 15) is 34.8 Å². The molecule has 11 heteroatoms. The minimum absolute atomic E-state index is 0.0510. The molecule has 0 spiro atoms. The van der Waals surface area contributed by atoms with Crippen molar-refractivity contribution < 1.29 is 39.2 Å². The number of hydrogen-bond acceptors (Lipinski definition) is 9. The average Bonchev–Trinajstić information content (AvgIpc) is 3.55. The maximum Gasteiger partial charge on any atom is 0.255 e. The molecule has 0 bridgehead atoms. The van der Waals surface area contributed by atoms with Crippen molar-refractivity contribution >= 4 is 17.5 Å². The van der Waals surface area contributed by atoms with E-state index in [0.717, 1.165) is 25.7 Å². The number of carbonyl (C=O) groups excluding carboxylic acids is 3. The minimum Gasteiger partial charge on any atom is -0.510 e. The number of Topliss-reactive ketones (excluding diaryl/α,β-unsaturated/α-hetero) is 2. The Balaban J connectivity index is 1.48. The largest absolute Gasteiger partial charge is 0.510 e. The van der Waals surface area contributed by atoms with E-state index in [1.807, 2.05) is 0 Å². The number of carbonyl (C=O) groups is 3. The zero-order valence-electron chi connectivity index (χ0n) is 21.8. The van der Waals surface area contributed by atoms with Crippen LogP contribution in [0.4, 0.5) is 4.39 Å². The maximum atomic E-state index is 16.0. The molecule has 1 aromatic carbocycles. The van der Waals surface area contributed by atoms with Gasteiger partial charge in [-0.25, -0.2) is 4.39 Å². The predicted octanol–water partition coefficient (Wildman–Crippen LogP) is 1.52. The number of likely N-dealkylation sites (N-methyl/N-ethyl adjacent to an activating group) is 1. The summed E-state index contributed by atoms with van der Waals surface area (Å²) in [5, 5.41) is 45.1. The van der Waals surface area contributed by atoms with Crippen molar-refractivity contribution in [3.63, 3.8) is 0 Å². The van der Waals surface area contributed by atoms with Crippen molar-refractivity contribution in [2.45, 2.75) is 69.3 Å². The van der Waals surface area contributed by atoms with Crippen molar-refractivity contribution in [2.75, 3.05) is 14.1 Å². The molecule has 0 unspecified atom stereocenters. The van der Waals surface area contributed by atoms with Crippen LogP contribution in [0.2, 0.25) is 0 Å². The molecule has 1 fully saturated rings. The number of phenols is 1. The Morgan fingerprint density at radius 1 is 1.08 bits per heavy atom. The number of nitrogens with two attached hydrogens (primary N) is 1. The van der Waals surface area contributed by atoms with Gasteiger partial charge in [0.1, 0.15) is 28.7 Å². The lowest BCUT2D eigenvalue weighted by Crippen LogP contribution is -2.63. The molecule has 1 amide bonds. The van der Waals surface area contributed by atoms with Gasteiger partial charge in [-0.15, -0.1) is 0 Å². The molecule has 1 heterocycles. The van der Waals surface area contributed by atoms with Crippen LogP contribution in [0.25, 0.3) is 0 Å². The van der Waals surface area contributed by atoms with Crippen molar-refractivity contribution in [3.8, 4) is 5.75 Å². The fourth-order valence-electron chi connectivity index (χ4n) is 7.77. The summed E-state index contributed by atoms with van der Waals surface area (Å²) in [5.74, 6) is -7.85. The van der Waals surface area contributed by atoms with Gasteiger partial charge in [0.2, 0.25) is 5.78 Å². The first-order valence-electron chi connectivity index (χ1n) is 13.3. The van der Waals surface area contributed by atoms with Gasteiger partial charge in [0, 0.05) is 47.3 Å². The molecule has 4 atom stereocenters. The molecule has 10 nitrogen and oxygen atoms in total. The second kappa shape index (κ2) is 8.61. The molecule has 4 aliphatic carbocycles. The van der Waals surface area contributed by atoms with Crippen LogP contribution in [0.3, 0.4) is 0 Å². The van der Waals surface area contributed by atoms with Gasteiger partial charge in [-0.1, -0.05) is 12.8 Å². The fraction of sp³-hybridized carbons (Fsp3) is 0.536. The highest BCUT2D eigenvalue weighted by Gasteiger charge is 2.63. The Bertz CT molecular complexity index is 1410. The second-order valence-corrected chi connectivity index (χ2v) is 11.8. The van der Waals surface area contributed by atoms with Gasteiger partial charge in [0.25, 0.3) is 5.91 Å². The first-order valence-corrected chi connectivity index (χ1v) is 13.3. The number of ketones is 2. The van der Waals surface area contributed by atoms with Gasteiger partial charge in [0.15, 0.2) is 11.4 Å². The molecule has 0 aromatic heterocycles. The van der Waals surface area contributed by atoms with Gasteiger partial charge in [-0.05, 0) is 45.7 Å². The Kier molecular flexibility index (Phi) is 5.73. The van der Waals surface area contributed by atoms with Gasteiger partial charge >= 0.3 is 0 Å². The lowest BCUT2D eigenvalue weighted by molar-refractivity contribution is -0.148. The predicted molar refractivity (Wildman–Crippen MR) is 135 cm³/mol. The highest BCUT2D eigenvalue weighted by Crippen LogP contribution is 2.53. The van der Waals surface area contributed by atoms with Crippen molar-refractivity contribution in [2.24, 2.45) is 17.6 Å². The van der Waals surface area contributed by atoms with Crippen LogP contribution < -0.4 is 5.73 Å². The normalized spacial score (nSPS) is 31.1. The van der Waals surface area contributed by atoms with E-state index in [2.05, 4.69) is 4.90 Å². The molecule has 5 aliphatic rings. The summed E-state index contributed by atoms with van der Waals surface area (Å²) >= 11 is 0. The van der Waals surface area contributed by atoms with Gasteiger partial charge in [-0.3, -0.25) is 24.2 Å². The molecule has 1 aromatic rings. The number of aromatic hydroxyl groups is 1. The van der Waals surface area contributed by atoms with Crippen LogP contribution in [0.5, 0.6) is 5.75 Å². The molecule has 39 heavy (non-hydrogen) atoms. The average molecular weight is 542 g/mol. The Hall–Kier alpha value is -3.28. The lowest BCUT2D eigenvalue weighted by atomic mass is 9.58. The number of nitrogens with zero attached hydrogens (tertiary/aromatic N) is 2. The van der Waals surface area contributed by atoms with Crippen molar-refractivity contribution in [1.29, 1.82) is 0 Å². The Labute approximate surface area is 224 Å². The standard InChI is InChI=1S/C28H32FN3O7/c1-31(2)21-16-8-11-7-13-18(22(33)15-10-32(9-14(15)20(13)29)12-5-3-4-6-12)23(34)17(11)25(36)28(16,39)26(37)19(24(21)35)27(30)38/h11-12,16,21,33,35-36,39H,3-10H2,1-2H3,(H2,30,38)/t11-,16-,21-,28-/m0/s1. The van der Waals surface area contributed by atoms with Crippen molar-refractivity contribution in [1.82, 2.24) is 9.80 Å². The van der Waals surface area contributed by atoms with E-state index < -0.39 is 63.9 Å². The molecule has 1 saturated carbocycles. The molecule has 1 aliphatic heterocycles. The zero-order valence-corrected chi connectivity index (χ0v) is 21.8. The monoisotopic (exact) mass is 541 g/mol. The first kappa shape index (κ1) is 26.0. The summed E-state index contributed by atoms with van der Waals surface area (Å²) in [4.78, 5) is 42.9. The smallest absolute Gasteiger partial charge is 0.255 e. The van der Waals surface area contributed by atoms with Crippen LogP contribution in [0, 0.1) is 17.7 Å².